The highest BCUT2D eigenvalue weighted by atomic mass is 16.4. The summed E-state index contributed by atoms with van der Waals surface area (Å²) in [6.45, 7) is 7.20. The van der Waals surface area contributed by atoms with Crippen molar-refractivity contribution >= 4 is 11.8 Å². The lowest BCUT2D eigenvalue weighted by Crippen LogP contribution is -2.56. The molecule has 1 aromatic rings. The van der Waals surface area contributed by atoms with E-state index in [1.54, 1.807) is 6.07 Å². The van der Waals surface area contributed by atoms with E-state index in [0.29, 0.717) is 25.3 Å². The molecule has 0 amide bonds. The Morgan fingerprint density at radius 2 is 2.05 bits per heavy atom. The first kappa shape index (κ1) is 13.8. The monoisotopic (exact) mass is 264 g/mol. The Hall–Kier alpha value is -1.62. The van der Waals surface area contributed by atoms with Crippen LogP contribution in [0.5, 0.6) is 0 Å². The van der Waals surface area contributed by atoms with E-state index in [9.17, 15) is 9.90 Å². The fourth-order valence-electron chi connectivity index (χ4n) is 2.33. The predicted octanol–water partition coefficient (Wildman–Crippen LogP) is 1.77. The highest BCUT2D eigenvalue weighted by Crippen LogP contribution is 2.39. The highest BCUT2D eigenvalue weighted by molar-refractivity contribution is 5.85. The minimum Gasteiger partial charge on any atom is -0.477 e. The molecule has 0 radical (unpaired) electrons. The largest absolute Gasteiger partial charge is 0.477 e. The zero-order valence-corrected chi connectivity index (χ0v) is 11.6. The highest BCUT2D eigenvalue weighted by Gasteiger charge is 2.44. The maximum Gasteiger partial charge on any atom is 0.354 e. The summed E-state index contributed by atoms with van der Waals surface area (Å²) >= 11 is 0. The summed E-state index contributed by atoms with van der Waals surface area (Å²) in [5.74, 6) is -0.367. The Labute approximate surface area is 112 Å². The number of aromatic carboxylic acids is 1. The van der Waals surface area contributed by atoms with E-state index in [1.165, 1.54) is 6.07 Å². The number of nitrogens with zero attached hydrogens (tertiary/aromatic N) is 2. The fourth-order valence-corrected chi connectivity index (χ4v) is 2.33. The number of hydrogen-bond donors (Lipinski definition) is 2. The van der Waals surface area contributed by atoms with Gasteiger partial charge in [-0.1, -0.05) is 19.9 Å². The molecule has 2 heterocycles. The number of aromatic nitrogens is 1. The van der Waals surface area contributed by atoms with Crippen molar-refractivity contribution < 1.29 is 15.0 Å². The molecule has 1 fully saturated rings. The quantitative estimate of drug-likeness (QED) is 0.851. The standard InChI is InChI=1S/C14H20N2O3/c1-13(2)9-16(8-7-14(13,3)19)11-6-4-5-10(15-11)12(17)18/h4-6,19H,7-9H2,1-3H3,(H,17,18)/t14-/m0/s1. The van der Waals surface area contributed by atoms with E-state index in [2.05, 4.69) is 4.98 Å². The topological polar surface area (TPSA) is 73.7 Å². The molecule has 0 aliphatic carbocycles. The van der Waals surface area contributed by atoms with Crippen molar-refractivity contribution in [2.45, 2.75) is 32.8 Å². The van der Waals surface area contributed by atoms with Gasteiger partial charge >= 0.3 is 5.97 Å². The van der Waals surface area contributed by atoms with Crippen LogP contribution in [0.1, 0.15) is 37.7 Å². The Balaban J connectivity index is 2.25. The number of carboxylic acids is 1. The van der Waals surface area contributed by atoms with Gasteiger partial charge in [-0.25, -0.2) is 9.78 Å². The van der Waals surface area contributed by atoms with Gasteiger partial charge in [0.25, 0.3) is 0 Å². The normalized spacial score (nSPS) is 26.2. The maximum absolute atomic E-state index is 10.9. The van der Waals surface area contributed by atoms with Gasteiger partial charge in [0.05, 0.1) is 5.60 Å². The molecule has 5 nitrogen and oxygen atoms in total. The minimum absolute atomic E-state index is 0.0487. The summed E-state index contributed by atoms with van der Waals surface area (Å²) < 4.78 is 0. The summed E-state index contributed by atoms with van der Waals surface area (Å²) in [6, 6.07) is 4.99. The molecule has 0 unspecified atom stereocenters. The lowest BCUT2D eigenvalue weighted by Gasteiger charge is -2.49. The summed E-state index contributed by atoms with van der Waals surface area (Å²) in [5, 5.41) is 19.3. The van der Waals surface area contributed by atoms with Gasteiger partial charge in [0.15, 0.2) is 5.69 Å². The SMILES string of the molecule is CC1(C)CN(c2cccc(C(=O)O)n2)CC[C@]1(C)O. The van der Waals surface area contributed by atoms with Gasteiger partial charge in [0, 0.05) is 18.5 Å². The third-order valence-corrected chi connectivity index (χ3v) is 4.19. The minimum atomic E-state index is -1.02. The van der Waals surface area contributed by atoms with Gasteiger partial charge in [0.2, 0.25) is 0 Å². The molecule has 1 aliphatic rings. The molecule has 0 saturated carbocycles. The molecule has 0 bridgehead atoms. The molecule has 1 atom stereocenters. The molecule has 1 aliphatic heterocycles. The maximum atomic E-state index is 10.9. The van der Waals surface area contributed by atoms with Crippen LogP contribution in [-0.4, -0.2) is 39.9 Å². The third kappa shape index (κ3) is 2.56. The van der Waals surface area contributed by atoms with Crippen molar-refractivity contribution in [3.05, 3.63) is 23.9 Å². The van der Waals surface area contributed by atoms with Crippen LogP contribution >= 0.6 is 0 Å². The van der Waals surface area contributed by atoms with Crippen molar-refractivity contribution in [2.24, 2.45) is 5.41 Å². The number of anilines is 1. The zero-order valence-electron chi connectivity index (χ0n) is 11.6. The van der Waals surface area contributed by atoms with Crippen LogP contribution in [0, 0.1) is 5.41 Å². The van der Waals surface area contributed by atoms with Crippen LogP contribution in [0.2, 0.25) is 0 Å². The Kier molecular flexibility index (Phi) is 3.26. The van der Waals surface area contributed by atoms with E-state index in [1.807, 2.05) is 31.7 Å². The van der Waals surface area contributed by atoms with Crippen LogP contribution in [0.4, 0.5) is 5.82 Å². The lowest BCUT2D eigenvalue weighted by molar-refractivity contribution is -0.0650. The van der Waals surface area contributed by atoms with E-state index in [-0.39, 0.29) is 11.1 Å². The Bertz CT molecular complexity index is 497. The Morgan fingerprint density at radius 3 is 2.63 bits per heavy atom. The average Bonchev–Trinajstić information content (AvgIpc) is 2.33. The molecule has 1 aromatic heterocycles. The summed E-state index contributed by atoms with van der Waals surface area (Å²) in [4.78, 5) is 17.1. The van der Waals surface area contributed by atoms with Crippen LogP contribution in [0.25, 0.3) is 0 Å². The van der Waals surface area contributed by atoms with E-state index in [4.69, 9.17) is 5.11 Å². The van der Waals surface area contributed by atoms with Crippen LogP contribution in [-0.2, 0) is 0 Å². The van der Waals surface area contributed by atoms with Crippen molar-refractivity contribution in [1.29, 1.82) is 0 Å². The van der Waals surface area contributed by atoms with Crippen molar-refractivity contribution in [3.63, 3.8) is 0 Å². The van der Waals surface area contributed by atoms with Crippen LogP contribution in [0.3, 0.4) is 0 Å². The van der Waals surface area contributed by atoms with E-state index >= 15 is 0 Å². The smallest absolute Gasteiger partial charge is 0.354 e. The summed E-state index contributed by atoms with van der Waals surface area (Å²) in [5.41, 5.74) is -0.937. The molecule has 104 valence electrons. The number of carbonyl (C=O) groups is 1. The first-order chi connectivity index (χ1) is 8.73. The summed E-state index contributed by atoms with van der Waals surface area (Å²) in [7, 11) is 0. The Morgan fingerprint density at radius 1 is 1.37 bits per heavy atom. The van der Waals surface area contributed by atoms with Crippen molar-refractivity contribution in [1.82, 2.24) is 4.98 Å². The van der Waals surface area contributed by atoms with Gasteiger partial charge in [-0.2, -0.15) is 0 Å². The van der Waals surface area contributed by atoms with Gasteiger partial charge in [-0.3, -0.25) is 0 Å². The number of carboxylic acid groups (broad SMARTS) is 1. The molecule has 0 spiro atoms. The molecule has 5 heteroatoms. The van der Waals surface area contributed by atoms with Gasteiger partial charge in [-0.15, -0.1) is 0 Å². The molecule has 1 saturated heterocycles. The second-order valence-electron chi connectivity index (χ2n) is 6.02. The van der Waals surface area contributed by atoms with Crippen molar-refractivity contribution in [3.8, 4) is 0 Å². The average molecular weight is 264 g/mol. The van der Waals surface area contributed by atoms with Gasteiger partial charge < -0.3 is 15.1 Å². The fraction of sp³-hybridized carbons (Fsp3) is 0.571. The summed E-state index contributed by atoms with van der Waals surface area (Å²) in [6.07, 6.45) is 0.638. The van der Waals surface area contributed by atoms with E-state index in [0.717, 1.165) is 0 Å². The predicted molar refractivity (Wildman–Crippen MR) is 72.4 cm³/mol. The molecule has 19 heavy (non-hydrogen) atoms. The van der Waals surface area contributed by atoms with Crippen LogP contribution < -0.4 is 4.90 Å². The van der Waals surface area contributed by atoms with E-state index < -0.39 is 11.6 Å². The zero-order chi connectivity index (χ0) is 14.3. The molecule has 2 rings (SSSR count). The lowest BCUT2D eigenvalue weighted by atomic mass is 9.71. The van der Waals surface area contributed by atoms with Crippen LogP contribution in [0.15, 0.2) is 18.2 Å². The number of pyridine rings is 1. The number of piperidine rings is 1. The second-order valence-corrected chi connectivity index (χ2v) is 6.02. The van der Waals surface area contributed by atoms with Crippen molar-refractivity contribution in [2.75, 3.05) is 18.0 Å². The number of hydrogen-bond acceptors (Lipinski definition) is 4. The third-order valence-electron chi connectivity index (χ3n) is 4.19. The molecule has 0 aromatic carbocycles. The first-order valence-corrected chi connectivity index (χ1v) is 6.41. The number of aliphatic hydroxyl groups is 1. The molecular weight excluding hydrogens is 244 g/mol. The number of rotatable bonds is 2. The van der Waals surface area contributed by atoms with Gasteiger partial charge in [0.1, 0.15) is 5.82 Å². The molecule has 2 N–H and O–H groups in total. The molecular formula is C14H20N2O3. The van der Waals surface area contributed by atoms with Gasteiger partial charge in [-0.05, 0) is 25.5 Å². The first-order valence-electron chi connectivity index (χ1n) is 6.41. The second kappa shape index (κ2) is 4.49.